The zero-order valence-electron chi connectivity index (χ0n) is 11.0. The van der Waals surface area contributed by atoms with Crippen LogP contribution in [0.2, 0.25) is 0 Å². The molecule has 19 heavy (non-hydrogen) atoms. The van der Waals surface area contributed by atoms with Gasteiger partial charge < -0.3 is 5.73 Å². The van der Waals surface area contributed by atoms with Crippen LogP contribution in [0, 0.1) is 11.6 Å². The lowest BCUT2D eigenvalue weighted by molar-refractivity contribution is 0.307. The summed E-state index contributed by atoms with van der Waals surface area (Å²) in [6.07, 6.45) is 7.66. The van der Waals surface area contributed by atoms with Gasteiger partial charge in [-0.25, -0.2) is 8.78 Å². The topological polar surface area (TPSA) is 26.0 Å². The predicted molar refractivity (Wildman–Crippen MR) is 77.0 cm³/mol. The van der Waals surface area contributed by atoms with Crippen molar-refractivity contribution >= 4 is 15.9 Å². The molecule has 1 aliphatic carbocycles. The summed E-state index contributed by atoms with van der Waals surface area (Å²) in [5.74, 6) is -1.00. The summed E-state index contributed by atoms with van der Waals surface area (Å²) in [6, 6.07) is 2.70. The number of rotatable bonds is 2. The Kier molecular flexibility index (Phi) is 4.96. The van der Waals surface area contributed by atoms with Gasteiger partial charge in [0.2, 0.25) is 0 Å². The number of halogens is 3. The summed E-state index contributed by atoms with van der Waals surface area (Å²) in [4.78, 5) is 0. The van der Waals surface area contributed by atoms with Crippen LogP contribution >= 0.6 is 15.9 Å². The fraction of sp³-hybridized carbons (Fsp3) is 0.600. The van der Waals surface area contributed by atoms with Crippen molar-refractivity contribution in [1.82, 2.24) is 0 Å². The highest BCUT2D eigenvalue weighted by Gasteiger charge is 2.28. The summed E-state index contributed by atoms with van der Waals surface area (Å²) >= 11 is 3.11. The van der Waals surface area contributed by atoms with Crippen LogP contribution in [0.3, 0.4) is 0 Å². The highest BCUT2D eigenvalue weighted by Crippen LogP contribution is 2.31. The van der Waals surface area contributed by atoms with E-state index in [9.17, 15) is 8.78 Å². The molecular formula is C15H20BrF2N. The van der Waals surface area contributed by atoms with Crippen molar-refractivity contribution in [2.75, 3.05) is 0 Å². The van der Waals surface area contributed by atoms with Gasteiger partial charge in [-0.15, -0.1) is 0 Å². The fourth-order valence-corrected chi connectivity index (χ4v) is 3.24. The maximum Gasteiger partial charge on any atom is 0.143 e. The molecule has 0 spiro atoms. The number of hydrogen-bond acceptors (Lipinski definition) is 1. The van der Waals surface area contributed by atoms with Gasteiger partial charge in [0, 0.05) is 11.1 Å². The first kappa shape index (κ1) is 14.9. The highest BCUT2D eigenvalue weighted by atomic mass is 79.9. The smallest absolute Gasteiger partial charge is 0.143 e. The number of hydrogen-bond donors (Lipinski definition) is 1. The Morgan fingerprint density at radius 3 is 2.26 bits per heavy atom. The second-order valence-corrected chi connectivity index (χ2v) is 6.48. The SMILES string of the molecule is NC1(Cc2c(F)ccc(Br)c2F)CCCCCCC1. The Bertz CT molecular complexity index is 440. The Hall–Kier alpha value is -0.480. The van der Waals surface area contributed by atoms with Crippen LogP contribution in [0.5, 0.6) is 0 Å². The van der Waals surface area contributed by atoms with Gasteiger partial charge in [0.15, 0.2) is 0 Å². The molecule has 1 fully saturated rings. The minimum Gasteiger partial charge on any atom is -0.325 e. The van der Waals surface area contributed by atoms with Gasteiger partial charge in [0.05, 0.1) is 4.47 Å². The molecule has 0 saturated heterocycles. The van der Waals surface area contributed by atoms with E-state index in [1.54, 1.807) is 0 Å². The molecule has 2 rings (SSSR count). The van der Waals surface area contributed by atoms with E-state index in [-0.39, 0.29) is 12.0 Å². The number of nitrogens with two attached hydrogens (primary N) is 1. The summed E-state index contributed by atoms with van der Waals surface area (Å²) in [7, 11) is 0. The van der Waals surface area contributed by atoms with Crippen LogP contribution in [0.1, 0.15) is 50.5 Å². The van der Waals surface area contributed by atoms with E-state index in [0.29, 0.717) is 4.47 Å². The van der Waals surface area contributed by atoms with Crippen LogP contribution in [-0.2, 0) is 6.42 Å². The van der Waals surface area contributed by atoms with Crippen molar-refractivity contribution in [3.05, 3.63) is 33.8 Å². The lowest BCUT2D eigenvalue weighted by atomic mass is 9.80. The fourth-order valence-electron chi connectivity index (χ4n) is 2.87. The summed E-state index contributed by atoms with van der Waals surface area (Å²) < 4.78 is 28.2. The first-order valence-corrected chi connectivity index (χ1v) is 7.72. The second-order valence-electron chi connectivity index (χ2n) is 5.63. The summed E-state index contributed by atoms with van der Waals surface area (Å²) in [5, 5.41) is 0. The number of benzene rings is 1. The molecule has 2 N–H and O–H groups in total. The van der Waals surface area contributed by atoms with E-state index >= 15 is 0 Å². The molecule has 0 atom stereocenters. The van der Waals surface area contributed by atoms with Crippen molar-refractivity contribution in [2.45, 2.75) is 56.9 Å². The average molecular weight is 332 g/mol. The van der Waals surface area contributed by atoms with E-state index < -0.39 is 17.2 Å². The predicted octanol–water partition coefficient (Wildman–Crippen LogP) is 4.71. The molecule has 0 unspecified atom stereocenters. The van der Waals surface area contributed by atoms with Crippen molar-refractivity contribution in [2.24, 2.45) is 5.73 Å². The van der Waals surface area contributed by atoms with Crippen LogP contribution in [0.15, 0.2) is 16.6 Å². The molecule has 1 saturated carbocycles. The molecule has 1 nitrogen and oxygen atoms in total. The molecule has 1 aromatic carbocycles. The minimum absolute atomic E-state index is 0.123. The maximum absolute atomic E-state index is 14.0. The van der Waals surface area contributed by atoms with E-state index in [2.05, 4.69) is 15.9 Å². The first-order chi connectivity index (χ1) is 9.02. The molecule has 0 bridgehead atoms. The monoisotopic (exact) mass is 331 g/mol. The summed E-state index contributed by atoms with van der Waals surface area (Å²) in [6.45, 7) is 0. The van der Waals surface area contributed by atoms with E-state index in [1.807, 2.05) is 0 Å². The van der Waals surface area contributed by atoms with Gasteiger partial charge in [-0.3, -0.25) is 0 Å². The lowest BCUT2D eigenvalue weighted by Gasteiger charge is -2.32. The van der Waals surface area contributed by atoms with Crippen LogP contribution in [-0.4, -0.2) is 5.54 Å². The standard InChI is InChI=1S/C15H20BrF2N/c16-12-6-7-13(17)11(14(12)18)10-15(19)8-4-2-1-3-5-9-15/h6-7H,1-5,8-10,19H2. The van der Waals surface area contributed by atoms with Gasteiger partial charge in [-0.2, -0.15) is 0 Å². The van der Waals surface area contributed by atoms with Crippen molar-refractivity contribution < 1.29 is 8.78 Å². The third-order valence-corrected chi connectivity index (χ3v) is 4.63. The molecule has 0 aromatic heterocycles. The Morgan fingerprint density at radius 1 is 1.05 bits per heavy atom. The second kappa shape index (κ2) is 6.31. The largest absolute Gasteiger partial charge is 0.325 e. The quantitative estimate of drug-likeness (QED) is 0.780. The Labute approximate surface area is 121 Å². The Balaban J connectivity index is 2.21. The molecule has 0 radical (unpaired) electrons. The normalized spacial score (nSPS) is 19.8. The third kappa shape index (κ3) is 3.76. The van der Waals surface area contributed by atoms with Crippen molar-refractivity contribution in [3.63, 3.8) is 0 Å². The van der Waals surface area contributed by atoms with E-state index in [1.165, 1.54) is 31.4 Å². The molecule has 1 aromatic rings. The molecule has 1 aliphatic rings. The molecule has 0 heterocycles. The first-order valence-electron chi connectivity index (χ1n) is 6.93. The van der Waals surface area contributed by atoms with E-state index in [4.69, 9.17) is 5.73 Å². The van der Waals surface area contributed by atoms with Crippen molar-refractivity contribution in [3.8, 4) is 0 Å². The van der Waals surface area contributed by atoms with Crippen LogP contribution < -0.4 is 5.73 Å². The van der Waals surface area contributed by atoms with Gasteiger partial charge in [0.1, 0.15) is 11.6 Å². The lowest BCUT2D eigenvalue weighted by Crippen LogP contribution is -2.43. The van der Waals surface area contributed by atoms with E-state index in [0.717, 1.165) is 25.7 Å². The Morgan fingerprint density at radius 2 is 1.63 bits per heavy atom. The van der Waals surface area contributed by atoms with Crippen molar-refractivity contribution in [1.29, 1.82) is 0 Å². The highest BCUT2D eigenvalue weighted by molar-refractivity contribution is 9.10. The van der Waals surface area contributed by atoms with Gasteiger partial charge in [-0.1, -0.05) is 32.1 Å². The molecule has 0 aliphatic heterocycles. The molecule has 0 amide bonds. The van der Waals surface area contributed by atoms with Gasteiger partial charge in [0.25, 0.3) is 0 Å². The molecule has 106 valence electrons. The summed E-state index contributed by atoms with van der Waals surface area (Å²) in [5.41, 5.74) is 6.05. The third-order valence-electron chi connectivity index (χ3n) is 4.02. The molecular weight excluding hydrogens is 312 g/mol. The van der Waals surface area contributed by atoms with Crippen LogP contribution in [0.4, 0.5) is 8.78 Å². The molecule has 4 heteroatoms. The van der Waals surface area contributed by atoms with Gasteiger partial charge in [-0.05, 0) is 47.3 Å². The zero-order valence-corrected chi connectivity index (χ0v) is 12.6. The average Bonchev–Trinajstić information content (AvgIpc) is 2.35. The minimum atomic E-state index is -0.508. The maximum atomic E-state index is 14.0. The van der Waals surface area contributed by atoms with Gasteiger partial charge >= 0.3 is 0 Å². The zero-order chi connectivity index (χ0) is 13.9. The van der Waals surface area contributed by atoms with Crippen LogP contribution in [0.25, 0.3) is 0 Å².